The van der Waals surface area contributed by atoms with Crippen LogP contribution in [0.15, 0.2) is 83.0 Å². The van der Waals surface area contributed by atoms with Gasteiger partial charge in [0.05, 0.1) is 39.5 Å². The Balaban J connectivity index is 1.67. The Morgan fingerprint density at radius 1 is 1.03 bits per heavy atom. The third-order valence-electron chi connectivity index (χ3n) is 7.11. The Morgan fingerprint density at radius 3 is 2.36 bits per heavy atom. The maximum atomic E-state index is 13.4. The SMILES string of the molecule is CN=CC(=CN)c1ccc(-c2ccc3ncc4c(c3c2)n(-c2ccc(C(C)(C)C(=O)O)cc2)c(=O)n4C)cn1. The maximum Gasteiger partial charge on any atom is 0.333 e. The van der Waals surface area contributed by atoms with Crippen molar-refractivity contribution < 1.29 is 9.90 Å². The lowest BCUT2D eigenvalue weighted by Gasteiger charge is -2.20. The first-order valence-corrected chi connectivity index (χ1v) is 12.3. The van der Waals surface area contributed by atoms with Gasteiger partial charge in [0.1, 0.15) is 0 Å². The van der Waals surface area contributed by atoms with Gasteiger partial charge >= 0.3 is 11.7 Å². The van der Waals surface area contributed by atoms with E-state index in [1.165, 1.54) is 6.20 Å². The van der Waals surface area contributed by atoms with Crippen LogP contribution in [-0.4, -0.2) is 43.4 Å². The molecule has 5 rings (SSSR count). The summed E-state index contributed by atoms with van der Waals surface area (Å²) >= 11 is 0. The van der Waals surface area contributed by atoms with Gasteiger partial charge in [-0.2, -0.15) is 0 Å². The molecule has 0 bridgehead atoms. The zero-order valence-corrected chi connectivity index (χ0v) is 22.1. The van der Waals surface area contributed by atoms with Gasteiger partial charge in [-0.25, -0.2) is 4.79 Å². The molecule has 9 heteroatoms. The van der Waals surface area contributed by atoms with Crippen molar-refractivity contribution in [3.05, 3.63) is 94.9 Å². The molecule has 2 aromatic carbocycles. The number of aliphatic carboxylic acids is 1. The van der Waals surface area contributed by atoms with Crippen molar-refractivity contribution in [3.8, 4) is 16.8 Å². The fourth-order valence-electron chi connectivity index (χ4n) is 4.64. The van der Waals surface area contributed by atoms with E-state index in [2.05, 4.69) is 15.0 Å². The fraction of sp³-hybridized carbons (Fsp3) is 0.167. The Hall–Kier alpha value is -5.05. The summed E-state index contributed by atoms with van der Waals surface area (Å²) in [6.45, 7) is 3.31. The first kappa shape index (κ1) is 25.6. The Bertz CT molecular complexity index is 1840. The number of allylic oxidation sites excluding steroid dienone is 1. The zero-order chi connectivity index (χ0) is 27.9. The summed E-state index contributed by atoms with van der Waals surface area (Å²) in [7, 11) is 3.39. The maximum absolute atomic E-state index is 13.4. The molecule has 0 atom stereocenters. The molecule has 39 heavy (non-hydrogen) atoms. The highest BCUT2D eigenvalue weighted by molar-refractivity contribution is 6.09. The second kappa shape index (κ2) is 9.68. The standard InChI is InChI=1S/C30H28N6O3/c1-30(2,28(37)38)21-7-9-22(10-8-21)36-27-23-13-18(5-12-25(23)34-17-26(27)35(4)29(36)39)19-6-11-24(33-16-19)20(14-31)15-32-3/h5-17H,31H2,1-4H3,(H,37,38). The number of carboxylic acid groups (broad SMARTS) is 1. The number of rotatable bonds is 6. The van der Waals surface area contributed by atoms with Gasteiger partial charge < -0.3 is 10.8 Å². The number of aliphatic imine (C=N–C) groups is 1. The van der Waals surface area contributed by atoms with Crippen LogP contribution in [0.3, 0.4) is 0 Å². The lowest BCUT2D eigenvalue weighted by atomic mass is 9.85. The number of carboxylic acids is 1. The van der Waals surface area contributed by atoms with E-state index in [9.17, 15) is 14.7 Å². The summed E-state index contributed by atoms with van der Waals surface area (Å²) in [6, 6.07) is 16.8. The quantitative estimate of drug-likeness (QED) is 0.321. The number of hydrogen-bond donors (Lipinski definition) is 2. The Kier molecular flexibility index (Phi) is 6.35. The molecule has 9 nitrogen and oxygen atoms in total. The number of aromatic nitrogens is 4. The molecule has 0 saturated carbocycles. The summed E-state index contributed by atoms with van der Waals surface area (Å²) in [6.07, 6.45) is 6.60. The van der Waals surface area contributed by atoms with Crippen LogP contribution in [-0.2, 0) is 17.3 Å². The molecule has 0 radical (unpaired) electrons. The summed E-state index contributed by atoms with van der Waals surface area (Å²) in [5, 5.41) is 10.4. The van der Waals surface area contributed by atoms with Gasteiger partial charge in [-0.15, -0.1) is 0 Å². The highest BCUT2D eigenvalue weighted by Gasteiger charge is 2.29. The van der Waals surface area contributed by atoms with E-state index in [1.54, 1.807) is 80.0 Å². The van der Waals surface area contributed by atoms with Gasteiger partial charge in [-0.05, 0) is 55.3 Å². The van der Waals surface area contributed by atoms with Crippen molar-refractivity contribution in [1.29, 1.82) is 0 Å². The first-order valence-electron chi connectivity index (χ1n) is 12.3. The number of aryl methyl sites for hydroxylation is 1. The zero-order valence-electron chi connectivity index (χ0n) is 22.1. The molecule has 3 aromatic heterocycles. The van der Waals surface area contributed by atoms with Crippen molar-refractivity contribution in [2.45, 2.75) is 19.3 Å². The van der Waals surface area contributed by atoms with Gasteiger partial charge in [0.15, 0.2) is 0 Å². The molecule has 0 aliphatic heterocycles. The minimum Gasteiger partial charge on any atom is -0.481 e. The summed E-state index contributed by atoms with van der Waals surface area (Å²) in [5.41, 5.74) is 11.1. The lowest BCUT2D eigenvalue weighted by molar-refractivity contribution is -0.142. The van der Waals surface area contributed by atoms with Gasteiger partial charge in [-0.3, -0.25) is 28.9 Å². The van der Waals surface area contributed by atoms with Crippen molar-refractivity contribution in [1.82, 2.24) is 19.1 Å². The van der Waals surface area contributed by atoms with Gasteiger partial charge in [0.2, 0.25) is 0 Å². The molecule has 3 N–H and O–H groups in total. The molecule has 0 aliphatic rings. The number of hydrogen-bond acceptors (Lipinski definition) is 6. The minimum atomic E-state index is -1.05. The van der Waals surface area contributed by atoms with E-state index in [1.807, 2.05) is 30.3 Å². The Labute approximate surface area is 224 Å². The second-order valence-corrected chi connectivity index (χ2v) is 9.82. The molecule has 3 heterocycles. The van der Waals surface area contributed by atoms with Crippen LogP contribution < -0.4 is 11.4 Å². The number of imidazole rings is 1. The average molecular weight is 521 g/mol. The van der Waals surface area contributed by atoms with Crippen LogP contribution in [0.2, 0.25) is 0 Å². The monoisotopic (exact) mass is 520 g/mol. The predicted molar refractivity (Wildman–Crippen MR) is 154 cm³/mol. The molecule has 0 saturated heterocycles. The molecule has 5 aromatic rings. The second-order valence-electron chi connectivity index (χ2n) is 9.82. The van der Waals surface area contributed by atoms with Crippen molar-refractivity contribution in [3.63, 3.8) is 0 Å². The van der Waals surface area contributed by atoms with E-state index in [0.717, 1.165) is 33.1 Å². The molecular weight excluding hydrogens is 492 g/mol. The lowest BCUT2D eigenvalue weighted by Crippen LogP contribution is -2.28. The average Bonchev–Trinajstić information content (AvgIpc) is 3.21. The summed E-state index contributed by atoms with van der Waals surface area (Å²) in [4.78, 5) is 38.3. The van der Waals surface area contributed by atoms with Crippen LogP contribution in [0.25, 0.3) is 44.3 Å². The van der Waals surface area contributed by atoms with Crippen molar-refractivity contribution in [2.24, 2.45) is 17.8 Å². The number of fused-ring (bicyclic) bond motifs is 3. The number of carbonyl (C=O) groups is 1. The first-order chi connectivity index (χ1) is 18.7. The third-order valence-corrected chi connectivity index (χ3v) is 7.11. The summed E-state index contributed by atoms with van der Waals surface area (Å²) < 4.78 is 3.21. The van der Waals surface area contributed by atoms with Crippen LogP contribution >= 0.6 is 0 Å². The van der Waals surface area contributed by atoms with Crippen LogP contribution in [0.5, 0.6) is 0 Å². The predicted octanol–water partition coefficient (Wildman–Crippen LogP) is 4.30. The molecule has 0 amide bonds. The van der Waals surface area contributed by atoms with Crippen LogP contribution in [0.4, 0.5) is 0 Å². The smallest absolute Gasteiger partial charge is 0.333 e. The highest BCUT2D eigenvalue weighted by atomic mass is 16.4. The molecule has 0 fully saturated rings. The van der Waals surface area contributed by atoms with Crippen LogP contribution in [0.1, 0.15) is 25.1 Å². The largest absolute Gasteiger partial charge is 0.481 e. The van der Waals surface area contributed by atoms with Crippen LogP contribution in [0, 0.1) is 0 Å². The fourth-order valence-corrected chi connectivity index (χ4v) is 4.64. The molecule has 0 spiro atoms. The van der Waals surface area contributed by atoms with Gasteiger partial charge in [0, 0.05) is 49.2 Å². The molecule has 0 aliphatic carbocycles. The third kappa shape index (κ3) is 4.27. The van der Waals surface area contributed by atoms with Crippen molar-refractivity contribution in [2.75, 3.05) is 7.05 Å². The van der Waals surface area contributed by atoms with Gasteiger partial charge in [-0.1, -0.05) is 24.3 Å². The van der Waals surface area contributed by atoms with E-state index in [4.69, 9.17) is 5.73 Å². The number of benzene rings is 2. The number of nitrogens with two attached hydrogens (primary N) is 1. The van der Waals surface area contributed by atoms with E-state index >= 15 is 0 Å². The highest BCUT2D eigenvalue weighted by Crippen LogP contribution is 2.31. The Morgan fingerprint density at radius 2 is 1.74 bits per heavy atom. The molecule has 196 valence electrons. The number of nitrogens with zero attached hydrogens (tertiary/aromatic N) is 5. The topological polar surface area (TPSA) is 128 Å². The summed E-state index contributed by atoms with van der Waals surface area (Å²) in [5.74, 6) is -0.918. The van der Waals surface area contributed by atoms with Gasteiger partial charge in [0.25, 0.3) is 0 Å². The number of pyridine rings is 2. The van der Waals surface area contributed by atoms with E-state index in [-0.39, 0.29) is 5.69 Å². The van der Waals surface area contributed by atoms with Crippen molar-refractivity contribution >= 4 is 39.7 Å². The van der Waals surface area contributed by atoms with E-state index in [0.29, 0.717) is 22.5 Å². The molecular formula is C30H28N6O3. The minimum absolute atomic E-state index is 0.223. The van der Waals surface area contributed by atoms with E-state index < -0.39 is 11.4 Å². The normalized spacial score (nSPS) is 12.6. The molecule has 0 unspecified atom stereocenters.